The lowest BCUT2D eigenvalue weighted by Gasteiger charge is -2.05. The van der Waals surface area contributed by atoms with Crippen molar-refractivity contribution in [2.45, 2.75) is 6.43 Å². The first-order chi connectivity index (χ1) is 6.57. The Kier molecular flexibility index (Phi) is 2.72. The third-order valence-electron chi connectivity index (χ3n) is 1.56. The number of carbonyl (C=O) groups is 1. The fourth-order valence-corrected chi connectivity index (χ4v) is 0.988. The molecule has 0 saturated heterocycles. The summed E-state index contributed by atoms with van der Waals surface area (Å²) in [6, 6.07) is 2.65. The van der Waals surface area contributed by atoms with E-state index in [4.69, 9.17) is 11.0 Å². The van der Waals surface area contributed by atoms with E-state index in [0.717, 1.165) is 12.3 Å². The highest BCUT2D eigenvalue weighted by atomic mass is 19.3. The zero-order valence-electron chi connectivity index (χ0n) is 6.87. The molecule has 1 heterocycles. The largest absolute Gasteiger partial charge is 0.364 e. The number of primary amides is 1. The Labute approximate surface area is 78.0 Å². The number of nitrogens with two attached hydrogens (primary N) is 1. The van der Waals surface area contributed by atoms with Gasteiger partial charge < -0.3 is 5.73 Å². The number of hydrogen-bond donors (Lipinski definition) is 1. The van der Waals surface area contributed by atoms with E-state index < -0.39 is 23.6 Å². The third-order valence-corrected chi connectivity index (χ3v) is 1.56. The molecule has 0 radical (unpaired) electrons. The molecule has 0 aliphatic carbocycles. The van der Waals surface area contributed by atoms with Crippen LogP contribution in [0.15, 0.2) is 12.3 Å². The molecular weight excluding hydrogens is 192 g/mol. The molecule has 0 aliphatic rings. The number of amides is 1. The summed E-state index contributed by atoms with van der Waals surface area (Å²) in [5.41, 5.74) is 3.28. The van der Waals surface area contributed by atoms with Gasteiger partial charge in [-0.05, 0) is 6.07 Å². The fraction of sp³-hybridized carbons (Fsp3) is 0.125. The smallest absolute Gasteiger partial charge is 0.267 e. The van der Waals surface area contributed by atoms with Gasteiger partial charge in [0.25, 0.3) is 12.3 Å². The lowest BCUT2D eigenvalue weighted by atomic mass is 10.1. The van der Waals surface area contributed by atoms with Crippen LogP contribution in [0.2, 0.25) is 0 Å². The first kappa shape index (κ1) is 10.1. The van der Waals surface area contributed by atoms with Crippen LogP contribution in [0.1, 0.15) is 28.0 Å². The van der Waals surface area contributed by atoms with Gasteiger partial charge in [0.1, 0.15) is 5.69 Å². The molecule has 2 N–H and O–H groups in total. The van der Waals surface area contributed by atoms with Crippen LogP contribution in [0.5, 0.6) is 0 Å². The summed E-state index contributed by atoms with van der Waals surface area (Å²) in [5, 5.41) is 8.51. The van der Waals surface area contributed by atoms with E-state index in [2.05, 4.69) is 4.98 Å². The number of nitrogens with zero attached hydrogens (tertiary/aromatic N) is 2. The fourth-order valence-electron chi connectivity index (χ4n) is 0.988. The van der Waals surface area contributed by atoms with Crippen LogP contribution in [-0.4, -0.2) is 10.9 Å². The SMILES string of the molecule is N#Cc1ccnc(C(N)=O)c1C(F)F. The molecule has 4 nitrogen and oxygen atoms in total. The van der Waals surface area contributed by atoms with Crippen LogP contribution in [0.4, 0.5) is 8.78 Å². The van der Waals surface area contributed by atoms with Crippen molar-refractivity contribution >= 4 is 5.91 Å². The topological polar surface area (TPSA) is 79.8 Å². The van der Waals surface area contributed by atoms with Gasteiger partial charge in [0.05, 0.1) is 17.2 Å². The number of alkyl halides is 2. The summed E-state index contributed by atoms with van der Waals surface area (Å²) in [6.45, 7) is 0. The zero-order valence-corrected chi connectivity index (χ0v) is 6.87. The van der Waals surface area contributed by atoms with Crippen LogP contribution in [0.3, 0.4) is 0 Å². The molecule has 1 amide bonds. The Balaban J connectivity index is 3.45. The maximum Gasteiger partial charge on any atom is 0.267 e. The molecule has 0 bridgehead atoms. The van der Waals surface area contributed by atoms with Crippen molar-refractivity contribution in [3.05, 3.63) is 29.1 Å². The molecule has 0 spiro atoms. The summed E-state index contributed by atoms with van der Waals surface area (Å²) in [7, 11) is 0. The molecule has 0 unspecified atom stereocenters. The van der Waals surface area contributed by atoms with Crippen molar-refractivity contribution in [1.29, 1.82) is 5.26 Å². The van der Waals surface area contributed by atoms with Gasteiger partial charge in [-0.25, -0.2) is 8.78 Å². The van der Waals surface area contributed by atoms with Gasteiger partial charge in [0, 0.05) is 6.20 Å². The molecule has 0 atom stereocenters. The summed E-state index contributed by atoms with van der Waals surface area (Å²) >= 11 is 0. The van der Waals surface area contributed by atoms with Crippen molar-refractivity contribution in [2.75, 3.05) is 0 Å². The zero-order chi connectivity index (χ0) is 10.7. The second kappa shape index (κ2) is 3.79. The van der Waals surface area contributed by atoms with Gasteiger partial charge in [0.2, 0.25) is 0 Å². The van der Waals surface area contributed by atoms with Crippen LogP contribution in [0, 0.1) is 11.3 Å². The molecule has 0 saturated carbocycles. The third kappa shape index (κ3) is 1.66. The number of halogens is 2. The number of pyridine rings is 1. The highest BCUT2D eigenvalue weighted by molar-refractivity contribution is 5.92. The van der Waals surface area contributed by atoms with E-state index >= 15 is 0 Å². The van der Waals surface area contributed by atoms with E-state index in [9.17, 15) is 13.6 Å². The monoisotopic (exact) mass is 197 g/mol. The molecule has 1 rings (SSSR count). The Morgan fingerprint density at radius 3 is 2.71 bits per heavy atom. The molecule has 72 valence electrons. The maximum atomic E-state index is 12.4. The lowest BCUT2D eigenvalue weighted by molar-refractivity contribution is 0.0980. The van der Waals surface area contributed by atoms with Gasteiger partial charge in [-0.1, -0.05) is 0 Å². The summed E-state index contributed by atoms with van der Waals surface area (Å²) in [5.74, 6) is -1.07. The number of nitriles is 1. The Hall–Kier alpha value is -2.03. The van der Waals surface area contributed by atoms with Gasteiger partial charge in [-0.15, -0.1) is 0 Å². The van der Waals surface area contributed by atoms with E-state index in [1.165, 1.54) is 0 Å². The van der Waals surface area contributed by atoms with Crippen LogP contribution in [-0.2, 0) is 0 Å². The van der Waals surface area contributed by atoms with Crippen LogP contribution < -0.4 is 5.73 Å². The Morgan fingerprint density at radius 1 is 1.64 bits per heavy atom. The quantitative estimate of drug-likeness (QED) is 0.767. The second-order valence-electron chi connectivity index (χ2n) is 2.40. The number of carbonyl (C=O) groups excluding carboxylic acids is 1. The standard InChI is InChI=1S/C8H5F2N3O/c9-7(10)5-4(3-11)1-2-13-6(5)8(12)14/h1-2,7H,(H2,12,14). The highest BCUT2D eigenvalue weighted by Crippen LogP contribution is 2.24. The summed E-state index contributed by atoms with van der Waals surface area (Å²) < 4.78 is 24.9. The first-order valence-electron chi connectivity index (χ1n) is 3.55. The molecule has 0 fully saturated rings. The van der Waals surface area contributed by atoms with Gasteiger partial charge >= 0.3 is 0 Å². The minimum absolute atomic E-state index is 0.288. The summed E-state index contributed by atoms with van der Waals surface area (Å²) in [4.78, 5) is 14.1. The normalized spacial score (nSPS) is 9.86. The average molecular weight is 197 g/mol. The Bertz CT molecular complexity index is 412. The van der Waals surface area contributed by atoms with Gasteiger partial charge in [-0.3, -0.25) is 9.78 Å². The first-order valence-corrected chi connectivity index (χ1v) is 3.55. The molecule has 6 heteroatoms. The minimum Gasteiger partial charge on any atom is -0.364 e. The van der Waals surface area contributed by atoms with Crippen molar-refractivity contribution in [3.8, 4) is 6.07 Å². The van der Waals surface area contributed by atoms with Crippen molar-refractivity contribution in [1.82, 2.24) is 4.98 Å². The number of rotatable bonds is 2. The molecule has 0 aromatic carbocycles. The molecule has 14 heavy (non-hydrogen) atoms. The lowest BCUT2D eigenvalue weighted by Crippen LogP contribution is -2.17. The van der Waals surface area contributed by atoms with E-state index in [1.54, 1.807) is 6.07 Å². The average Bonchev–Trinajstić information content (AvgIpc) is 2.16. The Morgan fingerprint density at radius 2 is 2.29 bits per heavy atom. The number of aromatic nitrogens is 1. The van der Waals surface area contributed by atoms with E-state index in [0.29, 0.717) is 0 Å². The predicted octanol–water partition coefficient (Wildman–Crippen LogP) is 0.990. The second-order valence-corrected chi connectivity index (χ2v) is 2.40. The minimum atomic E-state index is -2.94. The molecule has 0 aliphatic heterocycles. The molecule has 1 aromatic rings. The summed E-state index contributed by atoms with van der Waals surface area (Å²) in [6.07, 6.45) is -1.86. The molecular formula is C8H5F2N3O. The van der Waals surface area contributed by atoms with Crippen LogP contribution in [0.25, 0.3) is 0 Å². The maximum absolute atomic E-state index is 12.4. The number of hydrogen-bond acceptors (Lipinski definition) is 3. The van der Waals surface area contributed by atoms with E-state index in [-0.39, 0.29) is 5.56 Å². The van der Waals surface area contributed by atoms with Crippen LogP contribution >= 0.6 is 0 Å². The molecule has 1 aromatic heterocycles. The highest BCUT2D eigenvalue weighted by Gasteiger charge is 2.21. The van der Waals surface area contributed by atoms with Crippen molar-refractivity contribution in [3.63, 3.8) is 0 Å². The van der Waals surface area contributed by atoms with E-state index in [1.807, 2.05) is 0 Å². The van der Waals surface area contributed by atoms with Crippen molar-refractivity contribution < 1.29 is 13.6 Å². The van der Waals surface area contributed by atoms with Gasteiger partial charge in [-0.2, -0.15) is 5.26 Å². The van der Waals surface area contributed by atoms with Crippen molar-refractivity contribution in [2.24, 2.45) is 5.73 Å². The predicted molar refractivity (Wildman–Crippen MR) is 42.4 cm³/mol. The van der Waals surface area contributed by atoms with Gasteiger partial charge in [0.15, 0.2) is 0 Å².